The highest BCUT2D eigenvalue weighted by molar-refractivity contribution is 9.10. The van der Waals surface area contributed by atoms with E-state index in [1.807, 2.05) is 18.2 Å². The minimum Gasteiger partial charge on any atom is -0.381 e. The molecule has 13 heavy (non-hydrogen) atoms. The van der Waals surface area contributed by atoms with Gasteiger partial charge in [0.2, 0.25) is 0 Å². The van der Waals surface area contributed by atoms with Crippen LogP contribution in [0.5, 0.6) is 0 Å². The SMILES string of the molecule is CCC(C)Nc1ccc(Br)cc1Cl. The Morgan fingerprint density at radius 2 is 2.23 bits per heavy atom. The molecule has 0 aliphatic carbocycles. The molecular weight excluding hydrogens is 249 g/mol. The normalized spacial score (nSPS) is 12.6. The van der Waals surface area contributed by atoms with Gasteiger partial charge in [-0.25, -0.2) is 0 Å². The van der Waals surface area contributed by atoms with Crippen molar-refractivity contribution in [3.8, 4) is 0 Å². The summed E-state index contributed by atoms with van der Waals surface area (Å²) in [5.74, 6) is 0. The molecule has 1 atom stereocenters. The van der Waals surface area contributed by atoms with E-state index in [0.717, 1.165) is 21.6 Å². The number of anilines is 1. The maximum absolute atomic E-state index is 6.04. The van der Waals surface area contributed by atoms with Gasteiger partial charge < -0.3 is 5.32 Å². The van der Waals surface area contributed by atoms with E-state index in [1.54, 1.807) is 0 Å². The van der Waals surface area contributed by atoms with Crippen molar-refractivity contribution in [3.63, 3.8) is 0 Å². The number of nitrogens with one attached hydrogen (secondary N) is 1. The van der Waals surface area contributed by atoms with Crippen LogP contribution in [-0.4, -0.2) is 6.04 Å². The smallest absolute Gasteiger partial charge is 0.0648 e. The fraction of sp³-hybridized carbons (Fsp3) is 0.400. The van der Waals surface area contributed by atoms with Crippen LogP contribution >= 0.6 is 27.5 Å². The molecule has 1 unspecified atom stereocenters. The number of benzene rings is 1. The Kier molecular flexibility index (Phi) is 4.07. The zero-order chi connectivity index (χ0) is 9.84. The molecule has 72 valence electrons. The molecule has 1 nitrogen and oxygen atoms in total. The van der Waals surface area contributed by atoms with Crippen molar-refractivity contribution in [1.29, 1.82) is 0 Å². The van der Waals surface area contributed by atoms with Crippen molar-refractivity contribution < 1.29 is 0 Å². The van der Waals surface area contributed by atoms with E-state index >= 15 is 0 Å². The standard InChI is InChI=1S/C10H13BrClN/c1-3-7(2)13-10-5-4-8(11)6-9(10)12/h4-7,13H,3H2,1-2H3. The molecule has 0 spiro atoms. The summed E-state index contributed by atoms with van der Waals surface area (Å²) >= 11 is 9.41. The molecule has 0 heterocycles. The summed E-state index contributed by atoms with van der Waals surface area (Å²) < 4.78 is 1.01. The zero-order valence-corrected chi connectivity index (χ0v) is 10.1. The predicted octanol–water partition coefficient (Wildman–Crippen LogP) is 4.31. The quantitative estimate of drug-likeness (QED) is 0.856. The van der Waals surface area contributed by atoms with Gasteiger partial charge in [0.15, 0.2) is 0 Å². The first-order valence-corrected chi connectivity index (χ1v) is 5.52. The van der Waals surface area contributed by atoms with Crippen LogP contribution < -0.4 is 5.32 Å². The van der Waals surface area contributed by atoms with E-state index in [1.165, 1.54) is 0 Å². The predicted molar refractivity (Wildman–Crippen MR) is 62.5 cm³/mol. The largest absolute Gasteiger partial charge is 0.381 e. The summed E-state index contributed by atoms with van der Waals surface area (Å²) in [6.07, 6.45) is 1.09. The van der Waals surface area contributed by atoms with Crippen molar-refractivity contribution in [1.82, 2.24) is 0 Å². The molecule has 1 N–H and O–H groups in total. The van der Waals surface area contributed by atoms with Gasteiger partial charge in [-0.3, -0.25) is 0 Å². The molecule has 0 bridgehead atoms. The summed E-state index contributed by atoms with van der Waals surface area (Å²) in [4.78, 5) is 0. The van der Waals surface area contributed by atoms with Crippen molar-refractivity contribution in [2.45, 2.75) is 26.3 Å². The minimum atomic E-state index is 0.457. The maximum Gasteiger partial charge on any atom is 0.0648 e. The van der Waals surface area contributed by atoms with Gasteiger partial charge in [0.05, 0.1) is 10.7 Å². The second-order valence-corrected chi connectivity index (χ2v) is 4.40. The second kappa shape index (κ2) is 4.87. The molecule has 0 saturated heterocycles. The first-order chi connectivity index (χ1) is 6.13. The van der Waals surface area contributed by atoms with Crippen molar-refractivity contribution in [2.24, 2.45) is 0 Å². The van der Waals surface area contributed by atoms with Crippen LogP contribution in [-0.2, 0) is 0 Å². The lowest BCUT2D eigenvalue weighted by Crippen LogP contribution is -2.13. The van der Waals surface area contributed by atoms with Crippen LogP contribution in [0.1, 0.15) is 20.3 Å². The Balaban J connectivity index is 2.77. The molecule has 0 fully saturated rings. The number of rotatable bonds is 3. The highest BCUT2D eigenvalue weighted by Crippen LogP contribution is 2.26. The molecule has 3 heteroatoms. The van der Waals surface area contributed by atoms with Gasteiger partial charge in [0.1, 0.15) is 0 Å². The molecule has 0 radical (unpaired) electrons. The lowest BCUT2D eigenvalue weighted by molar-refractivity contribution is 0.764. The van der Waals surface area contributed by atoms with Crippen LogP contribution in [0.2, 0.25) is 5.02 Å². The molecule has 0 aliphatic heterocycles. The van der Waals surface area contributed by atoms with E-state index in [4.69, 9.17) is 11.6 Å². The highest BCUT2D eigenvalue weighted by atomic mass is 79.9. The van der Waals surface area contributed by atoms with E-state index in [2.05, 4.69) is 35.1 Å². The summed E-state index contributed by atoms with van der Waals surface area (Å²) in [5.41, 5.74) is 0.999. The fourth-order valence-electron chi connectivity index (χ4n) is 0.974. The van der Waals surface area contributed by atoms with E-state index < -0.39 is 0 Å². The van der Waals surface area contributed by atoms with E-state index in [9.17, 15) is 0 Å². The Bertz CT molecular complexity index is 288. The second-order valence-electron chi connectivity index (χ2n) is 3.08. The molecule has 0 saturated carbocycles. The van der Waals surface area contributed by atoms with Gasteiger partial charge in [-0.05, 0) is 31.5 Å². The third-order valence-corrected chi connectivity index (χ3v) is 2.75. The van der Waals surface area contributed by atoms with Crippen molar-refractivity contribution in [2.75, 3.05) is 5.32 Å². The lowest BCUT2D eigenvalue weighted by atomic mass is 10.2. The first kappa shape index (κ1) is 10.9. The highest BCUT2D eigenvalue weighted by Gasteiger charge is 2.03. The molecule has 1 rings (SSSR count). The number of hydrogen-bond donors (Lipinski definition) is 1. The monoisotopic (exact) mass is 261 g/mol. The summed E-state index contributed by atoms with van der Waals surface area (Å²) in [6.45, 7) is 4.28. The Morgan fingerprint density at radius 1 is 1.54 bits per heavy atom. The average molecular weight is 263 g/mol. The molecule has 1 aromatic carbocycles. The number of halogens is 2. The topological polar surface area (TPSA) is 12.0 Å². The summed E-state index contributed by atoms with van der Waals surface area (Å²) in [5, 5.41) is 4.09. The van der Waals surface area contributed by atoms with E-state index in [0.29, 0.717) is 6.04 Å². The number of hydrogen-bond acceptors (Lipinski definition) is 1. The van der Waals surface area contributed by atoms with Gasteiger partial charge >= 0.3 is 0 Å². The van der Waals surface area contributed by atoms with Gasteiger partial charge in [-0.1, -0.05) is 34.5 Å². The van der Waals surface area contributed by atoms with Gasteiger partial charge in [0.25, 0.3) is 0 Å². The van der Waals surface area contributed by atoms with Crippen LogP contribution in [0, 0.1) is 0 Å². The molecule has 0 aliphatic rings. The summed E-state index contributed by atoms with van der Waals surface area (Å²) in [6, 6.07) is 6.32. The van der Waals surface area contributed by atoms with Crippen molar-refractivity contribution in [3.05, 3.63) is 27.7 Å². The van der Waals surface area contributed by atoms with E-state index in [-0.39, 0.29) is 0 Å². The third-order valence-electron chi connectivity index (χ3n) is 1.95. The third kappa shape index (κ3) is 3.20. The average Bonchev–Trinajstić information content (AvgIpc) is 2.09. The zero-order valence-electron chi connectivity index (χ0n) is 7.77. The molecule has 1 aromatic rings. The summed E-state index contributed by atoms with van der Waals surface area (Å²) in [7, 11) is 0. The van der Waals surface area contributed by atoms with Gasteiger partial charge in [0, 0.05) is 10.5 Å². The van der Waals surface area contributed by atoms with Crippen LogP contribution in [0.3, 0.4) is 0 Å². The van der Waals surface area contributed by atoms with Gasteiger partial charge in [-0.15, -0.1) is 0 Å². The Labute approximate surface area is 92.6 Å². The van der Waals surface area contributed by atoms with Gasteiger partial charge in [-0.2, -0.15) is 0 Å². The first-order valence-electron chi connectivity index (χ1n) is 4.35. The molecule has 0 aromatic heterocycles. The Hall–Kier alpha value is -0.210. The van der Waals surface area contributed by atoms with Crippen LogP contribution in [0.25, 0.3) is 0 Å². The van der Waals surface area contributed by atoms with Crippen LogP contribution in [0.15, 0.2) is 22.7 Å². The Morgan fingerprint density at radius 3 is 2.77 bits per heavy atom. The molecule has 0 amide bonds. The molecular formula is C10H13BrClN. The lowest BCUT2D eigenvalue weighted by Gasteiger charge is -2.14. The minimum absolute atomic E-state index is 0.457. The van der Waals surface area contributed by atoms with Crippen LogP contribution in [0.4, 0.5) is 5.69 Å². The van der Waals surface area contributed by atoms with Crippen molar-refractivity contribution >= 4 is 33.2 Å². The fourth-order valence-corrected chi connectivity index (χ4v) is 1.70. The maximum atomic E-state index is 6.04.